The van der Waals surface area contributed by atoms with Crippen molar-refractivity contribution in [1.82, 2.24) is 10.2 Å². The fraction of sp³-hybridized carbons (Fsp3) is 0.143. The molecule has 202 valence electrons. The zero-order valence-corrected chi connectivity index (χ0v) is 22.9. The lowest BCUT2D eigenvalue weighted by Crippen LogP contribution is -2.29. The normalized spacial score (nSPS) is 17.9. The monoisotopic (exact) mass is 595 g/mol. The van der Waals surface area contributed by atoms with Crippen molar-refractivity contribution in [3.8, 4) is 11.5 Å². The van der Waals surface area contributed by atoms with Crippen LogP contribution in [0.1, 0.15) is 22.7 Å². The van der Waals surface area contributed by atoms with Crippen LogP contribution in [0, 0.1) is 5.82 Å². The average molecular weight is 596 g/mol. The van der Waals surface area contributed by atoms with Crippen molar-refractivity contribution in [3.63, 3.8) is 0 Å². The van der Waals surface area contributed by atoms with Crippen molar-refractivity contribution in [2.24, 2.45) is 0 Å². The zero-order valence-electron chi connectivity index (χ0n) is 20.5. The number of ketones is 1. The summed E-state index contributed by atoms with van der Waals surface area (Å²) < 4.78 is 25.7. The van der Waals surface area contributed by atoms with Gasteiger partial charge in [0.15, 0.2) is 15.8 Å². The Hall–Kier alpha value is -3.93. The SMILES string of the molecule is O=C1C(=O)N(c2nnc(SCc3ccccc3F)s2)[C@H](c2cccc(Cl)c2)C1=C(O)c1ccc2c(c1)OCCO2. The maximum atomic E-state index is 14.1. The Labute approximate surface area is 241 Å². The molecule has 1 saturated heterocycles. The second kappa shape index (κ2) is 10.9. The third-order valence-electron chi connectivity index (χ3n) is 6.34. The smallest absolute Gasteiger partial charge is 0.301 e. The molecular formula is C28H19ClFN3O5S2. The first-order chi connectivity index (χ1) is 19.4. The minimum Gasteiger partial charge on any atom is -0.507 e. The maximum Gasteiger partial charge on any atom is 0.301 e. The molecule has 2 aliphatic rings. The van der Waals surface area contributed by atoms with Crippen LogP contribution in [0.25, 0.3) is 5.76 Å². The van der Waals surface area contributed by atoms with Gasteiger partial charge in [0.1, 0.15) is 24.8 Å². The van der Waals surface area contributed by atoms with Crippen LogP contribution < -0.4 is 14.4 Å². The molecule has 6 rings (SSSR count). The number of halogens is 2. The molecule has 12 heteroatoms. The number of amides is 1. The molecule has 0 radical (unpaired) electrons. The number of Topliss-reactive ketones (excluding diaryl/α,β-unsaturated/α-hetero) is 1. The van der Waals surface area contributed by atoms with E-state index < -0.39 is 17.7 Å². The minimum absolute atomic E-state index is 0.125. The number of anilines is 1. The second-order valence-corrected chi connectivity index (χ2v) is 11.4. The molecule has 0 unspecified atom stereocenters. The first-order valence-corrected chi connectivity index (χ1v) is 14.2. The van der Waals surface area contributed by atoms with E-state index in [1.165, 1.54) is 22.7 Å². The molecule has 0 saturated carbocycles. The third kappa shape index (κ3) is 4.91. The Morgan fingerprint density at radius 1 is 1.05 bits per heavy atom. The zero-order chi connectivity index (χ0) is 27.8. The van der Waals surface area contributed by atoms with Crippen molar-refractivity contribution in [2.45, 2.75) is 16.1 Å². The second-order valence-electron chi connectivity index (χ2n) is 8.81. The highest BCUT2D eigenvalue weighted by Crippen LogP contribution is 2.45. The van der Waals surface area contributed by atoms with Crippen LogP contribution in [0.4, 0.5) is 9.52 Å². The molecule has 1 N–H and O–H groups in total. The van der Waals surface area contributed by atoms with E-state index in [4.69, 9.17) is 21.1 Å². The number of fused-ring (bicyclic) bond motifs is 1. The van der Waals surface area contributed by atoms with E-state index in [9.17, 15) is 19.1 Å². The summed E-state index contributed by atoms with van der Waals surface area (Å²) in [5, 5.41) is 20.3. The number of benzene rings is 3. The highest BCUT2D eigenvalue weighted by molar-refractivity contribution is 8.00. The first kappa shape index (κ1) is 26.3. The molecule has 8 nitrogen and oxygen atoms in total. The highest BCUT2D eigenvalue weighted by Gasteiger charge is 2.48. The predicted molar refractivity (Wildman–Crippen MR) is 150 cm³/mol. The summed E-state index contributed by atoms with van der Waals surface area (Å²) in [6.45, 7) is 0.749. The van der Waals surface area contributed by atoms with Gasteiger partial charge in [0.05, 0.1) is 11.6 Å². The van der Waals surface area contributed by atoms with Crippen molar-refractivity contribution in [2.75, 3.05) is 18.1 Å². The lowest BCUT2D eigenvalue weighted by Gasteiger charge is -2.23. The molecule has 2 aliphatic heterocycles. The number of aliphatic hydroxyl groups is 1. The van der Waals surface area contributed by atoms with Crippen LogP contribution >= 0.6 is 34.7 Å². The van der Waals surface area contributed by atoms with Crippen LogP contribution in [0.3, 0.4) is 0 Å². The number of nitrogens with zero attached hydrogens (tertiary/aromatic N) is 3. The van der Waals surface area contributed by atoms with E-state index in [1.54, 1.807) is 60.7 Å². The standard InChI is InChI=1S/C28H19ClFN3O5S2/c29-18-6-3-5-15(12-18)23-22(24(34)16-8-9-20-21(13-16)38-11-10-37-20)25(35)26(36)33(23)27-31-32-28(40-27)39-14-17-4-1-2-7-19(17)30/h1-9,12-13,23,34H,10-11,14H2/t23-/m1/s1. The molecule has 1 atom stereocenters. The Morgan fingerprint density at radius 2 is 1.85 bits per heavy atom. The number of carbonyl (C=O) groups excluding carboxylic acids is 2. The van der Waals surface area contributed by atoms with E-state index in [0.29, 0.717) is 51.0 Å². The fourth-order valence-electron chi connectivity index (χ4n) is 4.48. The van der Waals surface area contributed by atoms with Gasteiger partial charge in [0, 0.05) is 16.3 Å². The molecule has 1 aromatic heterocycles. The largest absolute Gasteiger partial charge is 0.507 e. The van der Waals surface area contributed by atoms with Crippen molar-refractivity contribution in [1.29, 1.82) is 0 Å². The van der Waals surface area contributed by atoms with E-state index in [0.717, 1.165) is 11.3 Å². The van der Waals surface area contributed by atoms with E-state index in [-0.39, 0.29) is 27.8 Å². The van der Waals surface area contributed by atoms with E-state index in [1.807, 2.05) is 0 Å². The summed E-state index contributed by atoms with van der Waals surface area (Å²) >= 11 is 8.62. The molecule has 0 aliphatic carbocycles. The van der Waals surface area contributed by atoms with Gasteiger partial charge >= 0.3 is 5.91 Å². The molecule has 3 aromatic carbocycles. The Morgan fingerprint density at radius 3 is 2.65 bits per heavy atom. The van der Waals surface area contributed by atoms with Crippen molar-refractivity contribution >= 4 is 57.3 Å². The van der Waals surface area contributed by atoms with Gasteiger partial charge in [0.25, 0.3) is 5.78 Å². The van der Waals surface area contributed by atoms with Crippen LogP contribution in [0.2, 0.25) is 5.02 Å². The Balaban J connectivity index is 1.39. The summed E-state index contributed by atoms with van der Waals surface area (Å²) in [6.07, 6.45) is 0. The lowest BCUT2D eigenvalue weighted by atomic mass is 9.95. The van der Waals surface area contributed by atoms with Crippen molar-refractivity contribution < 1.29 is 28.6 Å². The quantitative estimate of drug-likeness (QED) is 0.0949. The number of hydrogen-bond acceptors (Lipinski definition) is 9. The molecule has 0 bridgehead atoms. The molecule has 3 heterocycles. The van der Waals surface area contributed by atoms with Crippen LogP contribution in [0.15, 0.2) is 76.6 Å². The first-order valence-electron chi connectivity index (χ1n) is 12.1. The molecule has 40 heavy (non-hydrogen) atoms. The van der Waals surface area contributed by atoms with Crippen LogP contribution in [0.5, 0.6) is 11.5 Å². The summed E-state index contributed by atoms with van der Waals surface area (Å²) in [5.41, 5.74) is 1.16. The third-order valence-corrected chi connectivity index (χ3v) is 8.68. The Bertz CT molecular complexity index is 1680. The number of hydrogen-bond donors (Lipinski definition) is 1. The van der Waals surface area contributed by atoms with Crippen LogP contribution in [-0.4, -0.2) is 40.2 Å². The predicted octanol–water partition coefficient (Wildman–Crippen LogP) is 6.02. The minimum atomic E-state index is -1.02. The molecule has 1 amide bonds. The maximum absolute atomic E-state index is 14.1. The van der Waals surface area contributed by atoms with E-state index >= 15 is 0 Å². The van der Waals surface area contributed by atoms with Crippen molar-refractivity contribution in [3.05, 3.63) is 99.8 Å². The number of aliphatic hydroxyl groups excluding tert-OH is 1. The highest BCUT2D eigenvalue weighted by atomic mass is 35.5. The summed E-state index contributed by atoms with van der Waals surface area (Å²) in [4.78, 5) is 28.1. The average Bonchev–Trinajstić information content (AvgIpc) is 3.54. The number of ether oxygens (including phenoxy) is 2. The fourth-order valence-corrected chi connectivity index (χ4v) is 6.53. The summed E-state index contributed by atoms with van der Waals surface area (Å²) in [7, 11) is 0. The van der Waals surface area contributed by atoms with Gasteiger partial charge in [-0.3, -0.25) is 14.5 Å². The number of rotatable bonds is 6. The number of carbonyl (C=O) groups is 2. The summed E-state index contributed by atoms with van der Waals surface area (Å²) in [5.74, 6) is -1.21. The topological polar surface area (TPSA) is 102 Å². The Kier molecular flexibility index (Phi) is 7.18. The van der Waals surface area contributed by atoms with Gasteiger partial charge in [-0.2, -0.15) is 0 Å². The van der Waals surface area contributed by atoms with Gasteiger partial charge in [-0.1, -0.05) is 65.0 Å². The van der Waals surface area contributed by atoms with Gasteiger partial charge in [-0.05, 0) is 47.5 Å². The molecular weight excluding hydrogens is 577 g/mol. The summed E-state index contributed by atoms with van der Waals surface area (Å²) in [6, 6.07) is 16.9. The van der Waals surface area contributed by atoms with Gasteiger partial charge < -0.3 is 14.6 Å². The van der Waals surface area contributed by atoms with Gasteiger partial charge in [-0.15, -0.1) is 10.2 Å². The van der Waals surface area contributed by atoms with Crippen LogP contribution in [-0.2, 0) is 15.3 Å². The number of thioether (sulfide) groups is 1. The molecule has 1 fully saturated rings. The lowest BCUT2D eigenvalue weighted by molar-refractivity contribution is -0.132. The van der Waals surface area contributed by atoms with E-state index in [2.05, 4.69) is 10.2 Å². The molecule has 0 spiro atoms. The van der Waals surface area contributed by atoms with Gasteiger partial charge in [-0.25, -0.2) is 4.39 Å². The molecule has 4 aromatic rings. The van der Waals surface area contributed by atoms with Gasteiger partial charge in [0.2, 0.25) is 5.13 Å². The number of aromatic nitrogens is 2.